The minimum atomic E-state index is -4.47. The summed E-state index contributed by atoms with van der Waals surface area (Å²) in [4.78, 5) is 30.0. The number of carbonyl (C=O) groups is 1. The molecule has 17 heteroatoms. The molecule has 0 radical (unpaired) electrons. The molecule has 6 rings (SSSR count). The predicted molar refractivity (Wildman–Crippen MR) is 210 cm³/mol. The first-order valence-electron chi connectivity index (χ1n) is 17.9. The number of hydrogen-bond acceptors (Lipinski definition) is 10. The Bertz CT molecular complexity index is 2320. The van der Waals surface area contributed by atoms with Crippen molar-refractivity contribution in [1.29, 1.82) is 0 Å². The van der Waals surface area contributed by atoms with Gasteiger partial charge in [-0.15, -0.1) is 0 Å². The molecule has 13 nitrogen and oxygen atoms in total. The molecule has 1 aliphatic rings. The number of amides is 1. The number of nitrogens with zero attached hydrogens (tertiary/aromatic N) is 2. The third kappa shape index (κ3) is 11.6. The van der Waals surface area contributed by atoms with Crippen LogP contribution in [-0.2, 0) is 37.9 Å². The molecule has 0 saturated heterocycles. The van der Waals surface area contributed by atoms with Gasteiger partial charge in [0.15, 0.2) is 0 Å². The van der Waals surface area contributed by atoms with E-state index in [9.17, 15) is 35.9 Å². The van der Waals surface area contributed by atoms with E-state index in [4.69, 9.17) is 14.8 Å². The van der Waals surface area contributed by atoms with E-state index in [1.165, 1.54) is 62.4 Å². The molecule has 1 amide bonds. The van der Waals surface area contributed by atoms with Gasteiger partial charge < -0.3 is 20.7 Å². The first-order chi connectivity index (χ1) is 26.1. The third-order valence-corrected chi connectivity index (χ3v) is 12.6. The van der Waals surface area contributed by atoms with Crippen LogP contribution >= 0.6 is 11.3 Å². The number of carbonyl (C=O) groups excluding carboxylic acids is 1. The molecule has 0 unspecified atom stereocenters. The van der Waals surface area contributed by atoms with Crippen LogP contribution < -0.4 is 10.6 Å². The summed E-state index contributed by atoms with van der Waals surface area (Å²) in [6.07, 6.45) is 7.87. The van der Waals surface area contributed by atoms with Gasteiger partial charge in [0.2, 0.25) is 5.91 Å². The minimum Gasteiger partial charge on any atom is -0.506 e. The summed E-state index contributed by atoms with van der Waals surface area (Å²) in [6, 6.07) is 18.3. The lowest BCUT2D eigenvalue weighted by molar-refractivity contribution is -0.118. The van der Waals surface area contributed by atoms with Gasteiger partial charge in [-0.2, -0.15) is 16.8 Å². The number of aromatic nitrogens is 1. The van der Waals surface area contributed by atoms with Crippen molar-refractivity contribution in [2.45, 2.75) is 67.2 Å². The highest BCUT2D eigenvalue weighted by Crippen LogP contribution is 2.30. The molecule has 55 heavy (non-hydrogen) atoms. The number of primary amides is 1. The predicted octanol–water partition coefficient (Wildman–Crippen LogP) is 5.36. The summed E-state index contributed by atoms with van der Waals surface area (Å²) in [7, 11) is -8.94. The molecule has 1 aliphatic carbocycles. The summed E-state index contributed by atoms with van der Waals surface area (Å²) >= 11 is 1.14. The molecule has 1 aromatic heterocycles. The molecule has 6 N–H and O–H groups in total. The van der Waals surface area contributed by atoms with E-state index in [-0.39, 0.29) is 33.1 Å². The summed E-state index contributed by atoms with van der Waals surface area (Å²) in [5.74, 6) is -0.452. The Hall–Kier alpha value is -4.23. The van der Waals surface area contributed by atoms with Crippen LogP contribution in [0.15, 0.2) is 87.4 Å². The van der Waals surface area contributed by atoms with Crippen molar-refractivity contribution in [3.8, 4) is 5.75 Å². The molecule has 1 saturated carbocycles. The minimum absolute atomic E-state index is 0.0233. The molecule has 1 heterocycles. The molecular formula is C38H45FN4O9S3. The summed E-state index contributed by atoms with van der Waals surface area (Å²) < 4.78 is 77.2. The monoisotopic (exact) mass is 816 g/mol. The van der Waals surface area contributed by atoms with E-state index >= 15 is 0 Å². The van der Waals surface area contributed by atoms with Crippen LogP contribution in [0.2, 0.25) is 0 Å². The van der Waals surface area contributed by atoms with E-state index < -0.39 is 30.0 Å². The lowest BCUT2D eigenvalue weighted by Gasteiger charge is -2.36. The summed E-state index contributed by atoms with van der Waals surface area (Å²) in [5.41, 5.74) is 7.97. The number of phenols is 1. The van der Waals surface area contributed by atoms with E-state index in [0.717, 1.165) is 71.9 Å². The van der Waals surface area contributed by atoms with E-state index in [0.29, 0.717) is 30.9 Å². The van der Waals surface area contributed by atoms with Crippen LogP contribution in [0.5, 0.6) is 5.75 Å². The molecule has 4 aromatic carbocycles. The van der Waals surface area contributed by atoms with Crippen LogP contribution in [0.3, 0.4) is 0 Å². The Kier molecular flexibility index (Phi) is 14.2. The number of H-pyrrole nitrogens is 1. The quantitative estimate of drug-likeness (QED) is 0.0849. The summed E-state index contributed by atoms with van der Waals surface area (Å²) in [5, 5.41) is 10.2. The smallest absolute Gasteiger partial charge is 0.305 e. The van der Waals surface area contributed by atoms with E-state index in [1.54, 1.807) is 18.2 Å². The van der Waals surface area contributed by atoms with Gasteiger partial charge in [-0.3, -0.25) is 23.6 Å². The van der Waals surface area contributed by atoms with Gasteiger partial charge in [0.25, 0.3) is 20.2 Å². The van der Waals surface area contributed by atoms with Crippen LogP contribution in [0.1, 0.15) is 49.7 Å². The molecule has 5 aromatic rings. The second-order valence-electron chi connectivity index (χ2n) is 13.5. The fourth-order valence-electron chi connectivity index (χ4n) is 7.01. The first kappa shape index (κ1) is 41.9. The van der Waals surface area contributed by atoms with E-state index in [2.05, 4.69) is 14.8 Å². The Balaban J connectivity index is 0.000000269. The number of aromatic hydroxyl groups is 1. The fourth-order valence-corrected chi connectivity index (χ4v) is 9.32. The van der Waals surface area contributed by atoms with Crippen LogP contribution in [0, 0.1) is 5.82 Å². The molecule has 0 atom stereocenters. The number of aromatic amines is 1. The molecule has 0 bridgehead atoms. The Morgan fingerprint density at radius 3 is 2.05 bits per heavy atom. The van der Waals surface area contributed by atoms with Gasteiger partial charge in [0.05, 0.1) is 4.70 Å². The highest BCUT2D eigenvalue weighted by molar-refractivity contribution is 7.86. The van der Waals surface area contributed by atoms with Gasteiger partial charge >= 0.3 is 4.87 Å². The molecule has 0 aliphatic heterocycles. The number of rotatable bonds is 15. The van der Waals surface area contributed by atoms with Crippen molar-refractivity contribution in [1.82, 2.24) is 14.8 Å². The first-order valence-corrected chi connectivity index (χ1v) is 21.6. The maximum Gasteiger partial charge on any atom is 0.305 e. The number of nitrogens with two attached hydrogens (primary N) is 1. The van der Waals surface area contributed by atoms with Crippen LogP contribution in [-0.4, -0.2) is 90.5 Å². The number of fused-ring (bicyclic) bond motifs is 2. The normalized spacial score (nSPS) is 14.1. The molecule has 1 fully saturated rings. The SMILES string of the molecule is NC(=O)CCN(CCc1cccc(F)c1)CCN(CCc1ccc(O)c2[nH]c(=O)sc12)C1CCCCC1.O=S(=O)(O)c1cccc2c(S(=O)(=O)O)cccc12. The Morgan fingerprint density at radius 2 is 1.45 bits per heavy atom. The zero-order chi connectivity index (χ0) is 39.8. The number of hydrogen-bond donors (Lipinski definition) is 5. The highest BCUT2D eigenvalue weighted by Gasteiger charge is 2.23. The second kappa shape index (κ2) is 18.6. The average Bonchev–Trinajstić information content (AvgIpc) is 3.55. The van der Waals surface area contributed by atoms with Gasteiger partial charge in [-0.25, -0.2) is 4.39 Å². The van der Waals surface area contributed by atoms with Gasteiger partial charge in [0.1, 0.15) is 26.9 Å². The second-order valence-corrected chi connectivity index (χ2v) is 17.3. The van der Waals surface area contributed by atoms with Crippen molar-refractivity contribution >= 4 is 58.5 Å². The zero-order valence-electron chi connectivity index (χ0n) is 30.1. The number of nitrogens with one attached hydrogen (secondary N) is 1. The maximum absolute atomic E-state index is 13.6. The van der Waals surface area contributed by atoms with Crippen molar-refractivity contribution < 1.29 is 40.2 Å². The van der Waals surface area contributed by atoms with Crippen LogP contribution in [0.4, 0.5) is 4.39 Å². The summed E-state index contributed by atoms with van der Waals surface area (Å²) in [6.45, 7) is 3.81. The number of benzene rings is 4. The number of halogens is 1. The van der Waals surface area contributed by atoms with Crippen molar-refractivity contribution in [2.75, 3.05) is 32.7 Å². The Labute approximate surface area is 323 Å². The van der Waals surface area contributed by atoms with Crippen molar-refractivity contribution in [2.24, 2.45) is 5.73 Å². The maximum atomic E-state index is 13.6. The average molecular weight is 817 g/mol. The number of thiazole rings is 1. The van der Waals surface area contributed by atoms with Gasteiger partial charge in [-0.05, 0) is 67.1 Å². The highest BCUT2D eigenvalue weighted by atomic mass is 32.2. The molecule has 296 valence electrons. The van der Waals surface area contributed by atoms with Gasteiger partial charge in [0, 0.05) is 56.0 Å². The lowest BCUT2D eigenvalue weighted by Crippen LogP contribution is -2.44. The lowest BCUT2D eigenvalue weighted by atomic mass is 9.93. The molecular weight excluding hydrogens is 772 g/mol. The zero-order valence-corrected chi connectivity index (χ0v) is 32.5. The van der Waals surface area contributed by atoms with E-state index in [1.807, 2.05) is 12.1 Å². The fraction of sp³-hybridized carbons (Fsp3) is 0.368. The van der Waals surface area contributed by atoms with Gasteiger partial charge in [-0.1, -0.05) is 73.1 Å². The van der Waals surface area contributed by atoms with Crippen molar-refractivity contribution in [3.63, 3.8) is 0 Å². The van der Waals surface area contributed by atoms with Crippen LogP contribution in [0.25, 0.3) is 21.0 Å². The molecule has 0 spiro atoms. The largest absolute Gasteiger partial charge is 0.506 e. The van der Waals surface area contributed by atoms with Crippen molar-refractivity contribution in [3.05, 3.63) is 99.4 Å². The Morgan fingerprint density at radius 1 is 0.818 bits per heavy atom. The number of phenolic OH excluding ortho intramolecular Hbond substituents is 1. The third-order valence-electron chi connectivity index (χ3n) is 9.78. The standard InChI is InChI=1S/C28H37FN4O3S.C10H8O6S2/c29-22-6-4-5-20(19-22)11-14-32(15-13-25(30)35)17-18-33(23-7-2-1-3-8-23)16-12-21-9-10-24(34)26-27(21)37-28(36)31-26;11-17(12,13)9-5-1-3-7-8(9)4-2-6-10(7)18(14,15)16/h4-6,9-10,19,23,34H,1-3,7-8,11-18H2,(H2,30,35)(H,31,36);1-6H,(H,11,12,13)(H,14,15,16). The topological polar surface area (TPSA) is 211 Å².